The standard InChI is InChI=1S/C14H17ClN4O/c1-8-6-10-13(16-7-8)19(12(17-10)9(2)15)11-4-5-18(3)14(11)20/h6-7,9,11H,4-5H2,1-3H3. The average molecular weight is 293 g/mol. The molecule has 6 heteroatoms. The molecule has 0 radical (unpaired) electrons. The van der Waals surface area contributed by atoms with E-state index in [2.05, 4.69) is 9.97 Å². The van der Waals surface area contributed by atoms with Crippen LogP contribution in [-0.2, 0) is 4.79 Å². The molecule has 1 saturated heterocycles. The van der Waals surface area contributed by atoms with Crippen LogP contribution in [0.3, 0.4) is 0 Å². The number of aromatic nitrogens is 3. The molecule has 5 nitrogen and oxygen atoms in total. The molecular formula is C14H17ClN4O. The van der Waals surface area contributed by atoms with Gasteiger partial charge in [0.05, 0.1) is 5.38 Å². The van der Waals surface area contributed by atoms with E-state index < -0.39 is 0 Å². The lowest BCUT2D eigenvalue weighted by Gasteiger charge is -2.16. The van der Waals surface area contributed by atoms with Gasteiger partial charge in [0.15, 0.2) is 5.65 Å². The van der Waals surface area contributed by atoms with Crippen molar-refractivity contribution >= 4 is 28.7 Å². The van der Waals surface area contributed by atoms with Crippen LogP contribution in [0.2, 0.25) is 0 Å². The van der Waals surface area contributed by atoms with E-state index in [9.17, 15) is 4.79 Å². The third-order valence-corrected chi connectivity index (χ3v) is 3.96. The molecule has 2 aromatic heterocycles. The zero-order valence-corrected chi connectivity index (χ0v) is 12.6. The molecule has 1 aliphatic rings. The summed E-state index contributed by atoms with van der Waals surface area (Å²) in [6.45, 7) is 4.60. The van der Waals surface area contributed by atoms with Crippen LogP contribution in [0.5, 0.6) is 0 Å². The van der Waals surface area contributed by atoms with Crippen molar-refractivity contribution in [3.63, 3.8) is 0 Å². The average Bonchev–Trinajstić information content (AvgIpc) is 2.91. The van der Waals surface area contributed by atoms with E-state index in [4.69, 9.17) is 11.6 Å². The van der Waals surface area contributed by atoms with Gasteiger partial charge in [-0.25, -0.2) is 9.97 Å². The number of likely N-dealkylation sites (tertiary alicyclic amines) is 1. The molecule has 0 spiro atoms. The summed E-state index contributed by atoms with van der Waals surface area (Å²) >= 11 is 6.25. The molecule has 3 rings (SSSR count). The Balaban J connectivity index is 2.22. The summed E-state index contributed by atoms with van der Waals surface area (Å²) in [6, 6.07) is 1.74. The number of aryl methyl sites for hydroxylation is 1. The summed E-state index contributed by atoms with van der Waals surface area (Å²) in [5.74, 6) is 0.818. The topological polar surface area (TPSA) is 51.0 Å². The van der Waals surface area contributed by atoms with Gasteiger partial charge in [0.2, 0.25) is 5.91 Å². The minimum absolute atomic E-state index is 0.102. The van der Waals surface area contributed by atoms with Crippen molar-refractivity contribution in [3.05, 3.63) is 23.7 Å². The number of hydrogen-bond acceptors (Lipinski definition) is 3. The number of carbonyl (C=O) groups excluding carboxylic acids is 1. The van der Waals surface area contributed by atoms with Crippen molar-refractivity contribution in [3.8, 4) is 0 Å². The van der Waals surface area contributed by atoms with Crippen LogP contribution in [-0.4, -0.2) is 38.9 Å². The van der Waals surface area contributed by atoms with Crippen LogP contribution in [0, 0.1) is 6.92 Å². The number of rotatable bonds is 2. The lowest BCUT2D eigenvalue weighted by molar-refractivity contribution is -0.129. The summed E-state index contributed by atoms with van der Waals surface area (Å²) < 4.78 is 1.91. The van der Waals surface area contributed by atoms with Gasteiger partial charge in [-0.2, -0.15) is 0 Å². The van der Waals surface area contributed by atoms with E-state index in [1.807, 2.05) is 31.5 Å². The maximum absolute atomic E-state index is 12.3. The van der Waals surface area contributed by atoms with Crippen molar-refractivity contribution < 1.29 is 4.79 Å². The molecule has 1 aliphatic heterocycles. The van der Waals surface area contributed by atoms with Gasteiger partial charge in [-0.3, -0.25) is 9.36 Å². The maximum atomic E-state index is 12.3. The Morgan fingerprint density at radius 1 is 1.50 bits per heavy atom. The number of likely N-dealkylation sites (N-methyl/N-ethyl adjacent to an activating group) is 1. The molecule has 2 atom stereocenters. The van der Waals surface area contributed by atoms with E-state index in [0.717, 1.165) is 29.7 Å². The number of hydrogen-bond donors (Lipinski definition) is 0. The fourth-order valence-electron chi connectivity index (χ4n) is 2.73. The number of pyridine rings is 1. The van der Waals surface area contributed by atoms with Crippen molar-refractivity contribution in [1.29, 1.82) is 0 Å². The molecule has 3 heterocycles. The summed E-state index contributed by atoms with van der Waals surface area (Å²) in [7, 11) is 1.82. The predicted molar refractivity (Wildman–Crippen MR) is 77.8 cm³/mol. The number of carbonyl (C=O) groups is 1. The lowest BCUT2D eigenvalue weighted by atomic mass is 10.2. The zero-order valence-electron chi connectivity index (χ0n) is 11.8. The molecule has 1 fully saturated rings. The summed E-state index contributed by atoms with van der Waals surface area (Å²) in [5, 5.41) is -0.261. The molecule has 0 aliphatic carbocycles. The summed E-state index contributed by atoms with van der Waals surface area (Å²) in [6.07, 6.45) is 2.57. The van der Waals surface area contributed by atoms with Crippen LogP contribution in [0.1, 0.15) is 36.2 Å². The van der Waals surface area contributed by atoms with E-state index in [-0.39, 0.29) is 17.3 Å². The number of alkyl halides is 1. The van der Waals surface area contributed by atoms with Gasteiger partial charge in [-0.1, -0.05) is 0 Å². The van der Waals surface area contributed by atoms with Crippen molar-refractivity contribution in [2.24, 2.45) is 0 Å². The fraction of sp³-hybridized carbons (Fsp3) is 0.500. The molecular weight excluding hydrogens is 276 g/mol. The van der Waals surface area contributed by atoms with Gasteiger partial charge < -0.3 is 4.90 Å². The monoisotopic (exact) mass is 292 g/mol. The Bertz CT molecular complexity index is 679. The largest absolute Gasteiger partial charge is 0.344 e. The van der Waals surface area contributed by atoms with Gasteiger partial charge >= 0.3 is 0 Å². The summed E-state index contributed by atoms with van der Waals surface area (Å²) in [5.41, 5.74) is 2.59. The third kappa shape index (κ3) is 1.97. The van der Waals surface area contributed by atoms with Crippen LogP contribution < -0.4 is 0 Å². The van der Waals surface area contributed by atoms with Gasteiger partial charge in [0.1, 0.15) is 17.4 Å². The number of imidazole rings is 1. The second-order valence-electron chi connectivity index (χ2n) is 5.38. The highest BCUT2D eigenvalue weighted by Crippen LogP contribution is 2.32. The second-order valence-corrected chi connectivity index (χ2v) is 6.03. The van der Waals surface area contributed by atoms with Crippen molar-refractivity contribution in [2.75, 3.05) is 13.6 Å². The van der Waals surface area contributed by atoms with Gasteiger partial charge in [-0.15, -0.1) is 11.6 Å². The predicted octanol–water partition coefficient (Wildman–Crippen LogP) is 2.44. The van der Waals surface area contributed by atoms with Crippen LogP contribution >= 0.6 is 11.6 Å². The molecule has 1 amide bonds. The number of nitrogens with zero attached hydrogens (tertiary/aromatic N) is 4. The first-order valence-electron chi connectivity index (χ1n) is 6.72. The van der Waals surface area contributed by atoms with Gasteiger partial charge in [0.25, 0.3) is 0 Å². The molecule has 106 valence electrons. The first-order valence-corrected chi connectivity index (χ1v) is 7.16. The first-order chi connectivity index (χ1) is 9.49. The highest BCUT2D eigenvalue weighted by atomic mass is 35.5. The van der Waals surface area contributed by atoms with Crippen LogP contribution in [0.25, 0.3) is 11.2 Å². The molecule has 0 aromatic carbocycles. The van der Waals surface area contributed by atoms with Crippen LogP contribution in [0.15, 0.2) is 12.3 Å². The molecule has 2 unspecified atom stereocenters. The smallest absolute Gasteiger partial charge is 0.245 e. The maximum Gasteiger partial charge on any atom is 0.245 e. The molecule has 0 N–H and O–H groups in total. The Labute approximate surface area is 122 Å². The van der Waals surface area contributed by atoms with Crippen molar-refractivity contribution in [2.45, 2.75) is 31.7 Å². The lowest BCUT2D eigenvalue weighted by Crippen LogP contribution is -2.25. The Morgan fingerprint density at radius 2 is 2.25 bits per heavy atom. The van der Waals surface area contributed by atoms with E-state index in [0.29, 0.717) is 5.82 Å². The van der Waals surface area contributed by atoms with Gasteiger partial charge in [0, 0.05) is 19.8 Å². The highest BCUT2D eigenvalue weighted by molar-refractivity contribution is 6.20. The fourth-order valence-corrected chi connectivity index (χ4v) is 2.89. The Morgan fingerprint density at radius 3 is 2.85 bits per heavy atom. The molecule has 2 aromatic rings. The molecule has 0 bridgehead atoms. The van der Waals surface area contributed by atoms with E-state index in [1.54, 1.807) is 11.1 Å². The second kappa shape index (κ2) is 4.74. The number of fused-ring (bicyclic) bond motifs is 1. The molecule has 20 heavy (non-hydrogen) atoms. The summed E-state index contributed by atoms with van der Waals surface area (Å²) in [4.78, 5) is 23.1. The number of amides is 1. The zero-order chi connectivity index (χ0) is 14.4. The SMILES string of the molecule is Cc1cnc2c(c1)nc(C(C)Cl)n2C1CCN(C)C1=O. The minimum Gasteiger partial charge on any atom is -0.344 e. The van der Waals surface area contributed by atoms with Crippen molar-refractivity contribution in [1.82, 2.24) is 19.4 Å². The van der Waals surface area contributed by atoms with Gasteiger partial charge in [-0.05, 0) is 31.9 Å². The first kappa shape index (κ1) is 13.4. The van der Waals surface area contributed by atoms with E-state index in [1.165, 1.54) is 0 Å². The third-order valence-electron chi connectivity index (χ3n) is 3.76. The minimum atomic E-state index is -0.261. The normalized spacial score (nSPS) is 20.9. The Kier molecular flexibility index (Phi) is 3.17. The van der Waals surface area contributed by atoms with Crippen LogP contribution in [0.4, 0.5) is 0 Å². The Hall–Kier alpha value is -1.62. The van der Waals surface area contributed by atoms with E-state index >= 15 is 0 Å². The molecule has 0 saturated carbocycles. The number of halogens is 1. The highest BCUT2D eigenvalue weighted by Gasteiger charge is 2.34. The quantitative estimate of drug-likeness (QED) is 0.799.